The zero-order chi connectivity index (χ0) is 77.0. The summed E-state index contributed by atoms with van der Waals surface area (Å²) in [7, 11) is 0. The van der Waals surface area contributed by atoms with Gasteiger partial charge in [0.1, 0.15) is 0 Å². The predicted molar refractivity (Wildman–Crippen MR) is 484 cm³/mol. The Bertz CT molecular complexity index is 6720. The molecule has 0 N–H and O–H groups in total. The van der Waals surface area contributed by atoms with Crippen molar-refractivity contribution in [1.29, 1.82) is 5.26 Å². The molecule has 0 radical (unpaired) electrons. The monoisotopic (exact) mass is 1470 g/mol. The van der Waals surface area contributed by atoms with Crippen LogP contribution in [0.4, 0.5) is 34.1 Å². The van der Waals surface area contributed by atoms with E-state index in [2.05, 4.69) is 451 Å². The Labute approximate surface area is 671 Å². The molecule has 0 spiro atoms. The molecule has 20 aromatic rings. The molecule has 0 aliphatic heterocycles. The third-order valence-electron chi connectivity index (χ3n) is 22.2. The highest BCUT2D eigenvalue weighted by Gasteiger charge is 2.19. The third-order valence-corrected chi connectivity index (χ3v) is 22.2. The van der Waals surface area contributed by atoms with Gasteiger partial charge in [0, 0.05) is 67.0 Å². The first-order chi connectivity index (χ1) is 56.9. The minimum atomic E-state index is 0.657. The Morgan fingerprint density at radius 1 is 0.183 bits per heavy atom. The first-order valence-corrected chi connectivity index (χ1v) is 39.1. The highest BCUT2D eigenvalue weighted by molar-refractivity contribution is 6.10. The number of anilines is 6. The molecule has 0 atom stereocenters. The molecule has 0 bridgehead atoms. The Kier molecular flexibility index (Phi) is 19.0. The van der Waals surface area contributed by atoms with Crippen LogP contribution in [0.5, 0.6) is 0 Å². The number of para-hydroxylation sites is 4. The van der Waals surface area contributed by atoms with Crippen LogP contribution < -0.4 is 9.80 Å². The van der Waals surface area contributed by atoms with Gasteiger partial charge in [-0.25, -0.2) is 0 Å². The predicted octanol–water partition coefficient (Wildman–Crippen LogP) is 30.0. The third kappa shape index (κ3) is 14.2. The summed E-state index contributed by atoms with van der Waals surface area (Å²) in [4.78, 5) is 4.65. The van der Waals surface area contributed by atoms with E-state index in [1.807, 2.05) is 30.3 Å². The highest BCUT2D eigenvalue weighted by atomic mass is 15.1. The lowest BCUT2D eigenvalue weighted by Gasteiger charge is -2.26. The molecule has 0 aliphatic rings. The number of hydrogen-bond acceptors (Lipinski definition) is 3. The summed E-state index contributed by atoms with van der Waals surface area (Å²) < 4.78 is 4.72. The van der Waals surface area contributed by atoms with Crippen LogP contribution in [0.2, 0.25) is 0 Å². The molecule has 2 aromatic heterocycles. The van der Waals surface area contributed by atoms with E-state index >= 15 is 0 Å². The molecule has 0 amide bonds. The van der Waals surface area contributed by atoms with E-state index in [1.54, 1.807) is 0 Å². The van der Waals surface area contributed by atoms with Crippen LogP contribution in [0.1, 0.15) is 11.1 Å². The van der Waals surface area contributed by atoms with Crippen LogP contribution in [0, 0.1) is 18.3 Å². The maximum absolute atomic E-state index is 9.28. The van der Waals surface area contributed by atoms with Crippen molar-refractivity contribution < 1.29 is 0 Å². The standard InChI is InChI=1S/C55H37N3.C55H40N2/c56-38-39-14-16-41(17-15-39)44-22-30-48(31-23-44)57(49-32-24-45(25-33-49)43-20-18-42(19-21-43)40-8-2-1-3-9-40)50-34-26-46(27-35-50)47-28-36-51(37-29-47)58-54-12-6-4-10-52(54)53-11-5-7-13-55(53)58;1-39-15-17-41(18-16-39)42-19-21-43(22-20-42)45-25-33-49(34-26-45)56(48-31-23-44(24-32-48)40-9-3-2-4-10-40)50-35-27-46(28-36-50)47-29-37-51(38-30-47)57-54-13-7-5-11-52(54)53-12-6-8-14-55(53)57/h1-37H;2-38H,1H3. The number of nitriles is 1. The van der Waals surface area contributed by atoms with Crippen LogP contribution in [0.15, 0.2) is 449 Å². The molecule has 0 saturated carbocycles. The van der Waals surface area contributed by atoms with E-state index in [0.29, 0.717) is 5.56 Å². The van der Waals surface area contributed by atoms with Gasteiger partial charge in [0.25, 0.3) is 0 Å². The highest BCUT2D eigenvalue weighted by Crippen LogP contribution is 2.43. The molecular weight excluding hydrogens is 1390 g/mol. The van der Waals surface area contributed by atoms with Gasteiger partial charge in [0.05, 0.1) is 33.7 Å². The van der Waals surface area contributed by atoms with Crippen LogP contribution in [0.25, 0.3) is 144 Å². The maximum atomic E-state index is 9.28. The maximum Gasteiger partial charge on any atom is 0.0991 e. The van der Waals surface area contributed by atoms with E-state index in [4.69, 9.17) is 0 Å². The molecule has 115 heavy (non-hydrogen) atoms. The number of benzene rings is 18. The van der Waals surface area contributed by atoms with Crippen molar-refractivity contribution in [2.24, 2.45) is 0 Å². The number of aryl methyl sites for hydroxylation is 1. The SMILES string of the molecule is Cc1ccc(-c2ccc(-c3ccc(N(c4ccc(-c5ccccc5)cc4)c4ccc(-c5ccc(-n6c7ccccc7c7ccccc76)cc5)cc4)cc3)cc2)cc1.N#Cc1ccc(-c2ccc(N(c3ccc(-c4ccc(-c5ccccc5)cc4)cc3)c3ccc(-c4ccc(-n5c6ccccc6c6ccccc65)cc4)cc3)cc2)cc1. The average molecular weight is 1470 g/mol. The van der Waals surface area contributed by atoms with Gasteiger partial charge in [-0.05, 0) is 229 Å². The molecule has 5 heteroatoms. The van der Waals surface area contributed by atoms with E-state index in [0.717, 1.165) is 67.8 Å². The van der Waals surface area contributed by atoms with Gasteiger partial charge in [-0.15, -0.1) is 0 Å². The molecule has 18 aromatic carbocycles. The molecule has 0 aliphatic carbocycles. The normalized spacial score (nSPS) is 11.2. The smallest absolute Gasteiger partial charge is 0.0991 e. The number of hydrogen-bond donors (Lipinski definition) is 0. The van der Waals surface area contributed by atoms with E-state index in [-0.39, 0.29) is 0 Å². The van der Waals surface area contributed by atoms with Crippen molar-refractivity contribution in [3.8, 4) is 106 Å². The summed E-state index contributed by atoms with van der Waals surface area (Å²) in [6, 6.07) is 163. The first-order valence-electron chi connectivity index (χ1n) is 39.1. The molecule has 0 fully saturated rings. The summed E-state index contributed by atoms with van der Waals surface area (Å²) in [6.45, 7) is 2.13. The van der Waals surface area contributed by atoms with Gasteiger partial charge in [0.2, 0.25) is 0 Å². The summed E-state index contributed by atoms with van der Waals surface area (Å²) in [5.74, 6) is 0. The van der Waals surface area contributed by atoms with Crippen molar-refractivity contribution in [3.63, 3.8) is 0 Å². The molecular formula is C110H77N5. The molecule has 2 heterocycles. The zero-order valence-corrected chi connectivity index (χ0v) is 63.5. The fourth-order valence-corrected chi connectivity index (χ4v) is 16.2. The van der Waals surface area contributed by atoms with Crippen LogP contribution in [-0.2, 0) is 0 Å². The largest absolute Gasteiger partial charge is 0.311 e. The quantitative estimate of drug-likeness (QED) is 0.0968. The van der Waals surface area contributed by atoms with Gasteiger partial charge in [-0.1, -0.05) is 321 Å². The van der Waals surface area contributed by atoms with Crippen LogP contribution >= 0.6 is 0 Å². The molecule has 0 saturated heterocycles. The van der Waals surface area contributed by atoms with E-state index < -0.39 is 0 Å². The topological polar surface area (TPSA) is 40.1 Å². The van der Waals surface area contributed by atoms with Gasteiger partial charge >= 0.3 is 0 Å². The van der Waals surface area contributed by atoms with Crippen LogP contribution in [-0.4, -0.2) is 9.13 Å². The van der Waals surface area contributed by atoms with Crippen molar-refractivity contribution in [2.45, 2.75) is 6.92 Å². The summed E-state index contributed by atoms with van der Waals surface area (Å²) in [5.41, 5.74) is 34.5. The molecule has 542 valence electrons. The second kappa shape index (κ2) is 31.2. The number of rotatable bonds is 16. The second-order valence-electron chi connectivity index (χ2n) is 29.2. The number of fused-ring (bicyclic) bond motifs is 6. The molecule has 0 unspecified atom stereocenters. The Hall–Kier alpha value is -15.4. The Morgan fingerprint density at radius 2 is 0.357 bits per heavy atom. The zero-order valence-electron chi connectivity index (χ0n) is 63.5. The fraction of sp³-hybridized carbons (Fsp3) is 0.00909. The van der Waals surface area contributed by atoms with Gasteiger partial charge in [-0.2, -0.15) is 5.26 Å². The van der Waals surface area contributed by atoms with Crippen molar-refractivity contribution in [2.75, 3.05) is 9.80 Å². The second-order valence-corrected chi connectivity index (χ2v) is 29.2. The lowest BCUT2D eigenvalue weighted by molar-refractivity contribution is 1.18. The summed E-state index contributed by atoms with van der Waals surface area (Å²) in [6.07, 6.45) is 0. The number of aromatic nitrogens is 2. The summed E-state index contributed by atoms with van der Waals surface area (Å²) >= 11 is 0. The average Bonchev–Trinajstić information content (AvgIpc) is 1.62. The summed E-state index contributed by atoms with van der Waals surface area (Å²) in [5, 5.41) is 14.4. The van der Waals surface area contributed by atoms with Crippen molar-refractivity contribution in [3.05, 3.63) is 460 Å². The van der Waals surface area contributed by atoms with E-state index in [9.17, 15) is 5.26 Å². The Balaban J connectivity index is 0.000000154. The molecule has 20 rings (SSSR count). The van der Waals surface area contributed by atoms with Crippen molar-refractivity contribution >= 4 is 77.7 Å². The van der Waals surface area contributed by atoms with Crippen LogP contribution in [0.3, 0.4) is 0 Å². The van der Waals surface area contributed by atoms with Gasteiger partial charge in [-0.3, -0.25) is 0 Å². The number of nitrogens with zero attached hydrogens (tertiary/aromatic N) is 5. The van der Waals surface area contributed by atoms with Crippen molar-refractivity contribution in [1.82, 2.24) is 9.13 Å². The fourth-order valence-electron chi connectivity index (χ4n) is 16.2. The van der Waals surface area contributed by atoms with Gasteiger partial charge < -0.3 is 18.9 Å². The molecule has 5 nitrogen and oxygen atoms in total. The lowest BCUT2D eigenvalue weighted by atomic mass is 9.99. The van der Waals surface area contributed by atoms with Gasteiger partial charge in [0.15, 0.2) is 0 Å². The Morgan fingerprint density at radius 3 is 0.583 bits per heavy atom. The minimum absolute atomic E-state index is 0.657. The van der Waals surface area contributed by atoms with E-state index in [1.165, 1.54) is 116 Å². The lowest BCUT2D eigenvalue weighted by Crippen LogP contribution is -2.09. The first kappa shape index (κ1) is 70.1. The minimum Gasteiger partial charge on any atom is -0.311 e.